The number of ether oxygens (including phenoxy) is 1. The molecule has 7 nitrogen and oxygen atoms in total. The maximum absolute atomic E-state index is 13.1. The number of halogens is 3. The van der Waals surface area contributed by atoms with Crippen LogP contribution in [0.2, 0.25) is 0 Å². The second-order valence-corrected chi connectivity index (χ2v) is 10.1. The number of aliphatic carboxylic acids is 1. The largest absolute Gasteiger partial charge is 0.490 e. The lowest BCUT2D eigenvalue weighted by atomic mass is 9.92. The molecule has 1 spiro atoms. The smallest absolute Gasteiger partial charge is 0.475 e. The lowest BCUT2D eigenvalue weighted by Gasteiger charge is -2.47. The van der Waals surface area contributed by atoms with Gasteiger partial charge in [0.15, 0.2) is 0 Å². The van der Waals surface area contributed by atoms with Crippen molar-refractivity contribution in [3.8, 4) is 0 Å². The van der Waals surface area contributed by atoms with Crippen molar-refractivity contribution in [1.82, 2.24) is 14.5 Å². The first-order valence-electron chi connectivity index (χ1n) is 10.9. The van der Waals surface area contributed by atoms with E-state index in [2.05, 4.69) is 11.1 Å². The number of rotatable bonds is 4. The molecule has 0 bridgehead atoms. The van der Waals surface area contributed by atoms with Crippen LogP contribution in [-0.2, 0) is 23.2 Å². The summed E-state index contributed by atoms with van der Waals surface area (Å²) in [5, 5.41) is 8.16. The second kappa shape index (κ2) is 9.90. The molecule has 2 fully saturated rings. The number of carboxylic acid groups (broad SMARTS) is 1. The van der Waals surface area contributed by atoms with Gasteiger partial charge in [-0.1, -0.05) is 24.3 Å². The summed E-state index contributed by atoms with van der Waals surface area (Å²) in [6.07, 6.45) is 1.77. The van der Waals surface area contributed by atoms with Gasteiger partial charge in [-0.2, -0.15) is 13.2 Å². The number of pyridine rings is 1. The molecule has 0 saturated carbocycles. The minimum absolute atomic E-state index is 0.141. The summed E-state index contributed by atoms with van der Waals surface area (Å²) >= 11 is 1.96. The summed E-state index contributed by atoms with van der Waals surface area (Å²) in [4.78, 5) is 28.1. The minimum Gasteiger partial charge on any atom is -0.475 e. The molecule has 1 aromatic carbocycles. The zero-order valence-electron chi connectivity index (χ0n) is 18.9. The molecule has 2 aromatic heterocycles. The fourth-order valence-electron chi connectivity index (χ4n) is 4.30. The number of thioether (sulfide) groups is 1. The lowest BCUT2D eigenvalue weighted by molar-refractivity contribution is -0.192. The van der Waals surface area contributed by atoms with Gasteiger partial charge >= 0.3 is 12.1 Å². The van der Waals surface area contributed by atoms with Crippen molar-refractivity contribution in [3.63, 3.8) is 0 Å². The first-order chi connectivity index (χ1) is 16.6. The first-order valence-corrected chi connectivity index (χ1v) is 11.8. The normalized spacial score (nSPS) is 18.7. The topological polar surface area (TPSA) is 84.7 Å². The molecule has 1 unspecified atom stereocenters. The third-order valence-electron chi connectivity index (χ3n) is 6.00. The molecule has 35 heavy (non-hydrogen) atoms. The van der Waals surface area contributed by atoms with Gasteiger partial charge in [-0.15, -0.1) is 11.8 Å². The van der Waals surface area contributed by atoms with E-state index in [0.717, 1.165) is 47.3 Å². The van der Waals surface area contributed by atoms with Crippen molar-refractivity contribution < 1.29 is 32.6 Å². The van der Waals surface area contributed by atoms with E-state index in [-0.39, 0.29) is 16.8 Å². The predicted octanol–water partition coefficient (Wildman–Crippen LogP) is 4.12. The van der Waals surface area contributed by atoms with Crippen LogP contribution in [0.15, 0.2) is 55.0 Å². The van der Waals surface area contributed by atoms with E-state index in [1.807, 2.05) is 71.0 Å². The maximum Gasteiger partial charge on any atom is 0.490 e. The van der Waals surface area contributed by atoms with Crippen molar-refractivity contribution in [2.24, 2.45) is 7.05 Å². The SMILES string of the molecule is Cn1cc(C(=O)N2CC3(CC(OCc4cccnc4)CS3)C2)c2ccccc21.O=C(O)C(F)(F)F. The van der Waals surface area contributed by atoms with Crippen LogP contribution in [0.4, 0.5) is 13.2 Å². The number of alkyl halides is 3. The number of carboxylic acids is 1. The van der Waals surface area contributed by atoms with Gasteiger partial charge in [0.1, 0.15) is 0 Å². The molecule has 0 aliphatic carbocycles. The van der Waals surface area contributed by atoms with Crippen LogP contribution in [0, 0.1) is 0 Å². The van der Waals surface area contributed by atoms with Crippen LogP contribution in [0.25, 0.3) is 10.9 Å². The van der Waals surface area contributed by atoms with Crippen molar-refractivity contribution in [2.45, 2.75) is 30.1 Å². The fourth-order valence-corrected chi connectivity index (χ4v) is 5.85. The van der Waals surface area contributed by atoms with Gasteiger partial charge in [0.25, 0.3) is 5.91 Å². The Morgan fingerprint density at radius 2 is 1.94 bits per heavy atom. The number of aromatic nitrogens is 2. The highest BCUT2D eigenvalue weighted by Crippen LogP contribution is 2.46. The van der Waals surface area contributed by atoms with E-state index < -0.39 is 12.1 Å². The van der Waals surface area contributed by atoms with E-state index in [4.69, 9.17) is 14.6 Å². The number of hydrogen-bond donors (Lipinski definition) is 1. The average molecular weight is 508 g/mol. The fraction of sp³-hybridized carbons (Fsp3) is 0.375. The molecular weight excluding hydrogens is 483 g/mol. The predicted molar refractivity (Wildman–Crippen MR) is 125 cm³/mol. The quantitative estimate of drug-likeness (QED) is 0.572. The Kier molecular flexibility index (Phi) is 7.09. The summed E-state index contributed by atoms with van der Waals surface area (Å²) in [7, 11) is 1.99. The van der Waals surface area contributed by atoms with Gasteiger partial charge in [-0.25, -0.2) is 4.79 Å². The second-order valence-electron chi connectivity index (χ2n) is 8.63. The molecule has 11 heteroatoms. The van der Waals surface area contributed by atoms with Crippen LogP contribution in [0.1, 0.15) is 22.3 Å². The van der Waals surface area contributed by atoms with E-state index in [0.29, 0.717) is 6.61 Å². The van der Waals surface area contributed by atoms with Crippen LogP contribution in [-0.4, -0.2) is 67.3 Å². The highest BCUT2D eigenvalue weighted by molar-refractivity contribution is 8.01. The van der Waals surface area contributed by atoms with Gasteiger partial charge in [-0.05, 0) is 24.1 Å². The number of benzene rings is 1. The number of likely N-dealkylation sites (tertiary alicyclic amines) is 1. The Balaban J connectivity index is 0.000000364. The van der Waals surface area contributed by atoms with Gasteiger partial charge in [0, 0.05) is 55.4 Å². The average Bonchev–Trinajstić information content (AvgIpc) is 3.39. The maximum atomic E-state index is 13.1. The molecule has 186 valence electrons. The van der Waals surface area contributed by atoms with Crippen LogP contribution < -0.4 is 0 Å². The van der Waals surface area contributed by atoms with Gasteiger partial charge < -0.3 is 19.3 Å². The first kappa shape index (κ1) is 25.1. The minimum atomic E-state index is -5.08. The number of nitrogens with zero attached hydrogens (tertiary/aromatic N) is 3. The van der Waals surface area contributed by atoms with Crippen LogP contribution >= 0.6 is 11.8 Å². The van der Waals surface area contributed by atoms with Crippen molar-refractivity contribution >= 4 is 34.5 Å². The standard InChI is InChI=1S/C22H23N3O2S.C2HF3O2/c1-24-11-19(18-6-2-3-7-20(18)24)21(26)25-14-22(15-25)9-17(13-28-22)27-12-16-5-4-8-23-10-16;3-2(4,5)1(6)7/h2-8,10-11,17H,9,12-15H2,1H3;(H,6,7). The number of para-hydroxylation sites is 1. The summed E-state index contributed by atoms with van der Waals surface area (Å²) in [5.41, 5.74) is 3.01. The van der Waals surface area contributed by atoms with Crippen molar-refractivity contribution in [3.05, 3.63) is 66.1 Å². The summed E-state index contributed by atoms with van der Waals surface area (Å²) < 4.78 is 40.0. The molecule has 5 rings (SSSR count). The molecule has 2 saturated heterocycles. The molecule has 1 N–H and O–H groups in total. The van der Waals surface area contributed by atoms with E-state index in [9.17, 15) is 18.0 Å². The number of fused-ring (bicyclic) bond motifs is 1. The third kappa shape index (κ3) is 5.62. The molecule has 1 amide bonds. The number of hydrogen-bond acceptors (Lipinski definition) is 5. The number of aryl methyl sites for hydroxylation is 1. The highest BCUT2D eigenvalue weighted by atomic mass is 32.2. The molecule has 0 radical (unpaired) electrons. The van der Waals surface area contributed by atoms with E-state index in [1.54, 1.807) is 6.20 Å². The molecule has 4 heterocycles. The summed E-state index contributed by atoms with van der Waals surface area (Å²) in [6, 6.07) is 12.1. The number of carbonyl (C=O) groups is 2. The summed E-state index contributed by atoms with van der Waals surface area (Å²) in [6.45, 7) is 2.23. The van der Waals surface area contributed by atoms with E-state index in [1.165, 1.54) is 0 Å². The highest BCUT2D eigenvalue weighted by Gasteiger charge is 2.51. The molecule has 2 aliphatic rings. The molecular formula is C24H24F3N3O4S. The zero-order chi connectivity index (χ0) is 25.2. The Bertz CT molecular complexity index is 1210. The molecule has 2 aliphatic heterocycles. The van der Waals surface area contributed by atoms with Gasteiger partial charge in [0.05, 0.1) is 23.0 Å². The number of amides is 1. The zero-order valence-corrected chi connectivity index (χ0v) is 19.7. The monoisotopic (exact) mass is 507 g/mol. The molecule has 1 atom stereocenters. The van der Waals surface area contributed by atoms with Crippen LogP contribution in [0.5, 0.6) is 0 Å². The Labute approximate surface area is 203 Å². The number of carbonyl (C=O) groups excluding carboxylic acids is 1. The Morgan fingerprint density at radius 3 is 2.60 bits per heavy atom. The van der Waals surface area contributed by atoms with Gasteiger partial charge in [0.2, 0.25) is 0 Å². The van der Waals surface area contributed by atoms with Gasteiger partial charge in [-0.3, -0.25) is 9.78 Å². The molecule has 3 aromatic rings. The van der Waals surface area contributed by atoms with Crippen molar-refractivity contribution in [2.75, 3.05) is 18.8 Å². The Hall–Kier alpha value is -3.05. The van der Waals surface area contributed by atoms with Crippen LogP contribution in [0.3, 0.4) is 0 Å². The summed E-state index contributed by atoms with van der Waals surface area (Å²) in [5.74, 6) is -1.62. The lowest BCUT2D eigenvalue weighted by Crippen LogP contribution is -2.60. The third-order valence-corrected chi connectivity index (χ3v) is 7.57. The van der Waals surface area contributed by atoms with Crippen molar-refractivity contribution in [1.29, 1.82) is 0 Å². The Morgan fingerprint density at radius 1 is 1.23 bits per heavy atom. The van der Waals surface area contributed by atoms with E-state index >= 15 is 0 Å².